The predicted octanol–water partition coefficient (Wildman–Crippen LogP) is 0.635. The molecule has 0 saturated heterocycles. The lowest BCUT2D eigenvalue weighted by Gasteiger charge is -2.22. The highest BCUT2D eigenvalue weighted by Crippen LogP contribution is 2.07. The number of primary amides is 1. The summed E-state index contributed by atoms with van der Waals surface area (Å²) < 4.78 is 5.02. The summed E-state index contributed by atoms with van der Waals surface area (Å²) in [6.45, 7) is 5.06. The van der Waals surface area contributed by atoms with E-state index >= 15 is 0 Å². The molecule has 0 aliphatic carbocycles. The first-order chi connectivity index (χ1) is 7.74. The highest BCUT2D eigenvalue weighted by atomic mass is 17.1. The number of alkyl carbamates (subject to hydrolysis) is 1. The third-order valence-corrected chi connectivity index (χ3v) is 1.74. The highest BCUT2D eigenvalue weighted by Gasteiger charge is 2.20. The van der Waals surface area contributed by atoms with Gasteiger partial charge in [-0.1, -0.05) is 0 Å². The molecular formula is C10H20N2O5. The molecule has 0 bridgehead atoms. The molecule has 2 amide bonds. The van der Waals surface area contributed by atoms with Crippen LogP contribution in [0.5, 0.6) is 0 Å². The molecule has 0 aromatic carbocycles. The Morgan fingerprint density at radius 2 is 2.00 bits per heavy atom. The molecule has 0 radical (unpaired) electrons. The molecule has 0 fully saturated rings. The average Bonchev–Trinajstić information content (AvgIpc) is 2.11. The van der Waals surface area contributed by atoms with Crippen molar-refractivity contribution in [3.05, 3.63) is 0 Å². The smallest absolute Gasteiger partial charge is 0.407 e. The molecule has 100 valence electrons. The molecule has 0 saturated carbocycles. The minimum absolute atomic E-state index is 0.0871. The van der Waals surface area contributed by atoms with Crippen LogP contribution in [0.3, 0.4) is 0 Å². The number of ether oxygens (including phenoxy) is 1. The van der Waals surface area contributed by atoms with Crippen LogP contribution in [0.2, 0.25) is 0 Å². The van der Waals surface area contributed by atoms with Crippen LogP contribution in [-0.4, -0.2) is 35.5 Å². The van der Waals surface area contributed by atoms with Gasteiger partial charge in [-0.2, -0.15) is 0 Å². The molecule has 0 spiro atoms. The lowest BCUT2D eigenvalue weighted by molar-refractivity contribution is -0.246. The van der Waals surface area contributed by atoms with Gasteiger partial charge in [0.25, 0.3) is 0 Å². The van der Waals surface area contributed by atoms with E-state index in [0.29, 0.717) is 0 Å². The van der Waals surface area contributed by atoms with Crippen LogP contribution in [0.1, 0.15) is 33.6 Å². The first-order valence-electron chi connectivity index (χ1n) is 5.29. The van der Waals surface area contributed by atoms with Crippen LogP contribution in [0.25, 0.3) is 0 Å². The predicted molar refractivity (Wildman–Crippen MR) is 60.2 cm³/mol. The van der Waals surface area contributed by atoms with Crippen LogP contribution in [0.15, 0.2) is 0 Å². The number of rotatable bonds is 6. The number of carbonyl (C=O) groups is 2. The summed E-state index contributed by atoms with van der Waals surface area (Å²) >= 11 is 0. The molecular weight excluding hydrogens is 228 g/mol. The van der Waals surface area contributed by atoms with Crippen molar-refractivity contribution in [1.82, 2.24) is 5.32 Å². The van der Waals surface area contributed by atoms with E-state index in [4.69, 9.17) is 15.7 Å². The second kappa shape index (κ2) is 7.08. The van der Waals surface area contributed by atoms with Gasteiger partial charge in [0.05, 0.1) is 6.04 Å². The molecule has 1 unspecified atom stereocenters. The number of hydrogen-bond acceptors (Lipinski definition) is 5. The van der Waals surface area contributed by atoms with E-state index < -0.39 is 23.6 Å². The third kappa shape index (κ3) is 9.58. The van der Waals surface area contributed by atoms with Crippen molar-refractivity contribution in [1.29, 1.82) is 0 Å². The zero-order chi connectivity index (χ0) is 13.5. The lowest BCUT2D eigenvalue weighted by atomic mass is 10.1. The number of carbonyl (C=O) groups excluding carboxylic acids is 2. The van der Waals surface area contributed by atoms with Gasteiger partial charge < -0.3 is 15.8 Å². The summed E-state index contributed by atoms with van der Waals surface area (Å²) in [5.41, 5.74) is 4.37. The molecule has 0 rings (SSSR count). The van der Waals surface area contributed by atoms with Gasteiger partial charge in [0, 0.05) is 6.42 Å². The maximum Gasteiger partial charge on any atom is 0.407 e. The second-order valence-corrected chi connectivity index (χ2v) is 4.64. The van der Waals surface area contributed by atoms with Gasteiger partial charge in [-0.05, 0) is 27.2 Å². The average molecular weight is 248 g/mol. The first-order valence-corrected chi connectivity index (χ1v) is 5.29. The molecule has 0 aromatic heterocycles. The topological polar surface area (TPSA) is 111 Å². The maximum absolute atomic E-state index is 11.4. The van der Waals surface area contributed by atoms with Crippen molar-refractivity contribution in [2.24, 2.45) is 5.73 Å². The standard InChI is InChI=1S/C10H20N2O5/c1-10(2,3)17-9(14)12-7(6-16-15)4-5-8(11)13/h7,15H,4-6H2,1-3H3,(H2,11,13)(H,12,14). The van der Waals surface area contributed by atoms with E-state index in [1.165, 1.54) is 0 Å². The third-order valence-electron chi connectivity index (χ3n) is 1.74. The van der Waals surface area contributed by atoms with Gasteiger partial charge in [-0.15, -0.1) is 0 Å². The van der Waals surface area contributed by atoms with Crippen LogP contribution in [0, 0.1) is 0 Å². The van der Waals surface area contributed by atoms with Gasteiger partial charge in [-0.3, -0.25) is 10.1 Å². The Balaban J connectivity index is 4.14. The number of amides is 2. The van der Waals surface area contributed by atoms with Crippen LogP contribution < -0.4 is 11.1 Å². The van der Waals surface area contributed by atoms with Crippen LogP contribution in [0.4, 0.5) is 4.79 Å². The van der Waals surface area contributed by atoms with E-state index in [2.05, 4.69) is 10.2 Å². The van der Waals surface area contributed by atoms with E-state index in [1.807, 2.05) is 0 Å². The van der Waals surface area contributed by atoms with E-state index in [-0.39, 0.29) is 19.4 Å². The fourth-order valence-corrected chi connectivity index (χ4v) is 1.08. The fraction of sp³-hybridized carbons (Fsp3) is 0.800. The summed E-state index contributed by atoms with van der Waals surface area (Å²) in [7, 11) is 0. The molecule has 0 aliphatic heterocycles. The van der Waals surface area contributed by atoms with E-state index in [1.54, 1.807) is 20.8 Å². The van der Waals surface area contributed by atoms with Gasteiger partial charge in [-0.25, -0.2) is 9.68 Å². The minimum Gasteiger partial charge on any atom is -0.444 e. The molecule has 0 aliphatic rings. The summed E-state index contributed by atoms with van der Waals surface area (Å²) in [4.78, 5) is 25.9. The Morgan fingerprint density at radius 3 is 2.41 bits per heavy atom. The molecule has 1 atom stereocenters. The Bertz CT molecular complexity index is 262. The zero-order valence-electron chi connectivity index (χ0n) is 10.4. The first kappa shape index (κ1) is 15.7. The molecule has 0 heterocycles. The normalized spacial score (nSPS) is 12.9. The van der Waals surface area contributed by atoms with Crippen LogP contribution >= 0.6 is 0 Å². The summed E-state index contributed by atoms with van der Waals surface area (Å²) in [5.74, 6) is -0.487. The summed E-state index contributed by atoms with van der Waals surface area (Å²) in [6, 6.07) is -0.526. The van der Waals surface area contributed by atoms with Crippen molar-refractivity contribution >= 4 is 12.0 Å². The molecule has 0 aromatic rings. The van der Waals surface area contributed by atoms with Gasteiger partial charge in [0.1, 0.15) is 12.2 Å². The highest BCUT2D eigenvalue weighted by molar-refractivity contribution is 5.74. The van der Waals surface area contributed by atoms with E-state index in [9.17, 15) is 9.59 Å². The second-order valence-electron chi connectivity index (χ2n) is 4.64. The lowest BCUT2D eigenvalue weighted by Crippen LogP contribution is -2.41. The van der Waals surface area contributed by atoms with Crippen molar-refractivity contribution in [3.63, 3.8) is 0 Å². The van der Waals surface area contributed by atoms with Crippen molar-refractivity contribution in [2.75, 3.05) is 6.61 Å². The quantitative estimate of drug-likeness (QED) is 0.471. The monoisotopic (exact) mass is 248 g/mol. The number of nitrogens with two attached hydrogens (primary N) is 1. The van der Waals surface area contributed by atoms with Crippen molar-refractivity contribution in [3.8, 4) is 0 Å². The van der Waals surface area contributed by atoms with Crippen molar-refractivity contribution < 1.29 is 24.5 Å². The molecule has 7 nitrogen and oxygen atoms in total. The largest absolute Gasteiger partial charge is 0.444 e. The Labute approximate surface area is 100 Å². The Hall–Kier alpha value is -1.34. The van der Waals surface area contributed by atoms with E-state index in [0.717, 1.165) is 0 Å². The SMILES string of the molecule is CC(C)(C)OC(=O)NC(CCC(N)=O)COO. The molecule has 17 heavy (non-hydrogen) atoms. The zero-order valence-corrected chi connectivity index (χ0v) is 10.4. The van der Waals surface area contributed by atoms with Gasteiger partial charge in [0.15, 0.2) is 0 Å². The van der Waals surface area contributed by atoms with Gasteiger partial charge in [0.2, 0.25) is 5.91 Å². The number of nitrogens with one attached hydrogen (secondary N) is 1. The Morgan fingerprint density at radius 1 is 1.41 bits per heavy atom. The summed E-state index contributed by atoms with van der Waals surface area (Å²) in [6.07, 6.45) is -0.275. The van der Waals surface area contributed by atoms with Gasteiger partial charge >= 0.3 is 6.09 Å². The summed E-state index contributed by atoms with van der Waals surface area (Å²) in [5, 5.41) is 10.8. The minimum atomic E-state index is -0.635. The molecule has 7 heteroatoms. The maximum atomic E-state index is 11.4. The molecule has 4 N–H and O–H groups in total. The Kier molecular flexibility index (Phi) is 6.52. The van der Waals surface area contributed by atoms with Crippen molar-refractivity contribution in [2.45, 2.75) is 45.3 Å². The number of hydrogen-bond donors (Lipinski definition) is 3. The van der Waals surface area contributed by atoms with Crippen LogP contribution in [-0.2, 0) is 14.4 Å². The fourth-order valence-electron chi connectivity index (χ4n) is 1.08.